The smallest absolute Gasteiger partial charge is 0.0703 e. The van der Waals surface area contributed by atoms with Crippen LogP contribution >= 0.6 is 0 Å². The molecule has 1 aliphatic heterocycles. The summed E-state index contributed by atoms with van der Waals surface area (Å²) in [5, 5.41) is 4.84. The number of nitrogens with one attached hydrogen (secondary N) is 1. The van der Waals surface area contributed by atoms with Crippen LogP contribution in [0.4, 0.5) is 5.69 Å². The van der Waals surface area contributed by atoms with Crippen LogP contribution < -0.4 is 10.2 Å². The number of benzene rings is 1. The molecule has 0 spiro atoms. The molecule has 0 amide bonds. The Bertz CT molecular complexity index is 552. The maximum atomic E-state index is 4.37. The van der Waals surface area contributed by atoms with Gasteiger partial charge in [-0.15, -0.1) is 0 Å². The molecule has 3 rings (SSSR count). The minimum atomic E-state index is 0.643. The molecule has 1 aliphatic rings. The highest BCUT2D eigenvalue weighted by atomic mass is 15.2. The van der Waals surface area contributed by atoms with E-state index in [1.54, 1.807) is 0 Å². The summed E-state index contributed by atoms with van der Waals surface area (Å²) in [6, 6.07) is 11.3. The van der Waals surface area contributed by atoms with Crippen molar-refractivity contribution in [3.05, 3.63) is 36.5 Å². The number of hydrogen-bond donors (Lipinski definition) is 1. The number of anilines is 1. The lowest BCUT2D eigenvalue weighted by molar-refractivity contribution is 0.549. The molecule has 2 aromatic rings. The van der Waals surface area contributed by atoms with Crippen molar-refractivity contribution in [2.75, 3.05) is 24.5 Å². The third-order valence-corrected chi connectivity index (χ3v) is 3.82. The highest BCUT2D eigenvalue weighted by Crippen LogP contribution is 2.24. The molecule has 1 aromatic carbocycles. The molecule has 0 radical (unpaired) electrons. The monoisotopic (exact) mass is 255 g/mol. The Morgan fingerprint density at radius 1 is 1.37 bits per heavy atom. The minimum absolute atomic E-state index is 0.643. The van der Waals surface area contributed by atoms with Crippen LogP contribution in [0.1, 0.15) is 19.8 Å². The summed E-state index contributed by atoms with van der Waals surface area (Å²) < 4.78 is 0. The minimum Gasteiger partial charge on any atom is -0.370 e. The van der Waals surface area contributed by atoms with Gasteiger partial charge in [0.2, 0.25) is 0 Å². The largest absolute Gasteiger partial charge is 0.370 e. The number of fused-ring (bicyclic) bond motifs is 1. The van der Waals surface area contributed by atoms with E-state index in [0.717, 1.165) is 25.2 Å². The lowest BCUT2D eigenvalue weighted by Gasteiger charge is -2.19. The summed E-state index contributed by atoms with van der Waals surface area (Å²) in [4.78, 5) is 6.85. The van der Waals surface area contributed by atoms with Crippen molar-refractivity contribution in [1.82, 2.24) is 10.3 Å². The molecule has 1 saturated heterocycles. The van der Waals surface area contributed by atoms with E-state index in [1.165, 1.54) is 23.9 Å². The highest BCUT2D eigenvalue weighted by molar-refractivity contribution is 5.82. The Kier molecular flexibility index (Phi) is 3.65. The zero-order valence-corrected chi connectivity index (χ0v) is 11.5. The summed E-state index contributed by atoms with van der Waals surface area (Å²) in [5.41, 5.74) is 2.40. The Hall–Kier alpha value is -1.61. The molecule has 3 nitrogen and oxygen atoms in total. The first-order valence-electron chi connectivity index (χ1n) is 7.20. The van der Waals surface area contributed by atoms with Crippen molar-refractivity contribution in [2.24, 2.45) is 0 Å². The third kappa shape index (κ3) is 2.71. The number of rotatable bonds is 4. The average Bonchev–Trinajstić information content (AvgIpc) is 2.93. The molecular weight excluding hydrogens is 234 g/mol. The van der Waals surface area contributed by atoms with E-state index in [4.69, 9.17) is 0 Å². The van der Waals surface area contributed by atoms with Crippen LogP contribution in [-0.2, 0) is 0 Å². The Balaban J connectivity index is 1.74. The predicted molar refractivity (Wildman–Crippen MR) is 80.7 cm³/mol. The van der Waals surface area contributed by atoms with Crippen molar-refractivity contribution in [2.45, 2.75) is 25.8 Å². The van der Waals surface area contributed by atoms with Crippen molar-refractivity contribution in [3.8, 4) is 0 Å². The maximum Gasteiger partial charge on any atom is 0.0703 e. The zero-order chi connectivity index (χ0) is 13.1. The molecular formula is C16H21N3. The fourth-order valence-electron chi connectivity index (χ4n) is 2.77. The molecule has 0 bridgehead atoms. The Morgan fingerprint density at radius 2 is 2.32 bits per heavy atom. The summed E-state index contributed by atoms with van der Waals surface area (Å²) >= 11 is 0. The highest BCUT2D eigenvalue weighted by Gasteiger charge is 2.21. The van der Waals surface area contributed by atoms with Gasteiger partial charge in [0.1, 0.15) is 0 Å². The SMILES string of the molecule is CCCNC1CCN(c2ccc3ncccc3c2)C1. The van der Waals surface area contributed by atoms with E-state index in [9.17, 15) is 0 Å². The summed E-state index contributed by atoms with van der Waals surface area (Å²) in [6.07, 6.45) is 4.30. The second kappa shape index (κ2) is 5.57. The number of aromatic nitrogens is 1. The van der Waals surface area contributed by atoms with Crippen LogP contribution in [0.3, 0.4) is 0 Å². The second-order valence-electron chi connectivity index (χ2n) is 5.27. The molecule has 3 heteroatoms. The molecule has 1 unspecified atom stereocenters. The van der Waals surface area contributed by atoms with Gasteiger partial charge in [0.25, 0.3) is 0 Å². The molecule has 1 N–H and O–H groups in total. The van der Waals surface area contributed by atoms with Gasteiger partial charge in [-0.05, 0) is 43.7 Å². The van der Waals surface area contributed by atoms with Crippen LogP contribution in [0.2, 0.25) is 0 Å². The van der Waals surface area contributed by atoms with Gasteiger partial charge in [0.15, 0.2) is 0 Å². The molecule has 0 saturated carbocycles. The van der Waals surface area contributed by atoms with Crippen molar-refractivity contribution in [1.29, 1.82) is 0 Å². The Morgan fingerprint density at radius 3 is 3.21 bits per heavy atom. The second-order valence-corrected chi connectivity index (χ2v) is 5.27. The standard InChI is InChI=1S/C16H21N3/c1-2-8-17-14-7-10-19(12-14)15-5-6-16-13(11-15)4-3-9-18-16/h3-6,9,11,14,17H,2,7-8,10,12H2,1H3. The van der Waals surface area contributed by atoms with Gasteiger partial charge in [0.05, 0.1) is 5.52 Å². The number of pyridine rings is 1. The first-order chi connectivity index (χ1) is 9.36. The number of nitrogens with zero attached hydrogens (tertiary/aromatic N) is 2. The lowest BCUT2D eigenvalue weighted by Crippen LogP contribution is -2.32. The molecule has 19 heavy (non-hydrogen) atoms. The molecule has 0 aliphatic carbocycles. The topological polar surface area (TPSA) is 28.2 Å². The van der Waals surface area contributed by atoms with Crippen LogP contribution in [-0.4, -0.2) is 30.7 Å². The maximum absolute atomic E-state index is 4.37. The molecule has 1 atom stereocenters. The Labute approximate surface area is 114 Å². The van der Waals surface area contributed by atoms with Gasteiger partial charge >= 0.3 is 0 Å². The van der Waals surface area contributed by atoms with E-state index in [-0.39, 0.29) is 0 Å². The van der Waals surface area contributed by atoms with Crippen LogP contribution in [0.25, 0.3) is 10.9 Å². The molecule has 100 valence electrons. The van der Waals surface area contributed by atoms with Crippen LogP contribution in [0, 0.1) is 0 Å². The van der Waals surface area contributed by atoms with Crippen LogP contribution in [0.5, 0.6) is 0 Å². The normalized spacial score (nSPS) is 19.2. The van der Waals surface area contributed by atoms with E-state index in [2.05, 4.69) is 46.4 Å². The van der Waals surface area contributed by atoms with Gasteiger partial charge in [0, 0.05) is 36.4 Å². The summed E-state index contributed by atoms with van der Waals surface area (Å²) in [6.45, 7) is 5.61. The summed E-state index contributed by atoms with van der Waals surface area (Å²) in [7, 11) is 0. The van der Waals surface area contributed by atoms with E-state index in [1.807, 2.05) is 12.3 Å². The van der Waals surface area contributed by atoms with E-state index < -0.39 is 0 Å². The van der Waals surface area contributed by atoms with Gasteiger partial charge < -0.3 is 10.2 Å². The van der Waals surface area contributed by atoms with Gasteiger partial charge in [-0.2, -0.15) is 0 Å². The fraction of sp³-hybridized carbons (Fsp3) is 0.438. The first kappa shape index (κ1) is 12.4. The lowest BCUT2D eigenvalue weighted by atomic mass is 10.2. The molecule has 1 aromatic heterocycles. The molecule has 1 fully saturated rings. The number of hydrogen-bond acceptors (Lipinski definition) is 3. The van der Waals surface area contributed by atoms with E-state index in [0.29, 0.717) is 6.04 Å². The third-order valence-electron chi connectivity index (χ3n) is 3.82. The molecule has 2 heterocycles. The van der Waals surface area contributed by atoms with E-state index >= 15 is 0 Å². The first-order valence-corrected chi connectivity index (χ1v) is 7.20. The van der Waals surface area contributed by atoms with Crippen molar-refractivity contribution >= 4 is 16.6 Å². The van der Waals surface area contributed by atoms with Gasteiger partial charge in [-0.1, -0.05) is 13.0 Å². The van der Waals surface area contributed by atoms with Gasteiger partial charge in [-0.3, -0.25) is 4.98 Å². The van der Waals surface area contributed by atoms with Crippen molar-refractivity contribution in [3.63, 3.8) is 0 Å². The quantitative estimate of drug-likeness (QED) is 0.910. The fourth-order valence-corrected chi connectivity index (χ4v) is 2.77. The average molecular weight is 255 g/mol. The predicted octanol–water partition coefficient (Wildman–Crippen LogP) is 2.81. The van der Waals surface area contributed by atoms with Crippen LogP contribution in [0.15, 0.2) is 36.5 Å². The summed E-state index contributed by atoms with van der Waals surface area (Å²) in [5.74, 6) is 0. The zero-order valence-electron chi connectivity index (χ0n) is 11.5. The van der Waals surface area contributed by atoms with Crippen molar-refractivity contribution < 1.29 is 0 Å². The van der Waals surface area contributed by atoms with Gasteiger partial charge in [-0.25, -0.2) is 0 Å².